The minimum atomic E-state index is -0.327. The van der Waals surface area contributed by atoms with E-state index in [0.29, 0.717) is 5.56 Å². The molecule has 6 nitrogen and oxygen atoms in total. The molecule has 0 bridgehead atoms. The molecule has 1 saturated heterocycles. The maximum absolute atomic E-state index is 11.8. The highest BCUT2D eigenvalue weighted by Gasteiger charge is 2.18. The second-order valence-corrected chi connectivity index (χ2v) is 5.73. The van der Waals surface area contributed by atoms with E-state index < -0.39 is 0 Å². The normalized spacial score (nSPS) is 18.3. The van der Waals surface area contributed by atoms with Crippen molar-refractivity contribution in [1.29, 1.82) is 0 Å². The molecular formula is C17H23N3O3. The van der Waals surface area contributed by atoms with Crippen LogP contribution in [-0.4, -0.2) is 51.8 Å². The van der Waals surface area contributed by atoms with Gasteiger partial charge in [-0.3, -0.25) is 4.99 Å². The Hall–Kier alpha value is -2.08. The Balaban J connectivity index is 1.89. The van der Waals surface area contributed by atoms with Crippen molar-refractivity contribution in [3.63, 3.8) is 0 Å². The summed E-state index contributed by atoms with van der Waals surface area (Å²) in [6, 6.07) is 5.64. The summed E-state index contributed by atoms with van der Waals surface area (Å²) < 4.78 is 10.3. The number of carbonyl (C=O) groups excluding carboxylic acids is 1. The summed E-state index contributed by atoms with van der Waals surface area (Å²) in [5.41, 5.74) is 2.54. The van der Waals surface area contributed by atoms with Gasteiger partial charge in [0.2, 0.25) is 0 Å². The average molecular weight is 317 g/mol. The van der Waals surface area contributed by atoms with Gasteiger partial charge in [-0.2, -0.15) is 0 Å². The summed E-state index contributed by atoms with van der Waals surface area (Å²) in [4.78, 5) is 18.7. The Morgan fingerprint density at radius 2 is 2.13 bits per heavy atom. The predicted octanol–water partition coefficient (Wildman–Crippen LogP) is 2.30. The second kappa shape index (κ2) is 7.46. The summed E-state index contributed by atoms with van der Waals surface area (Å²) in [6.45, 7) is 4.00. The molecule has 1 aromatic carbocycles. The molecule has 2 aliphatic heterocycles. The lowest BCUT2D eigenvalue weighted by molar-refractivity contribution is 0.0601. The summed E-state index contributed by atoms with van der Waals surface area (Å²) in [5.74, 6) is 0.667. The van der Waals surface area contributed by atoms with Crippen LogP contribution >= 0.6 is 0 Å². The molecule has 1 N–H and O–H groups in total. The van der Waals surface area contributed by atoms with Gasteiger partial charge in [-0.1, -0.05) is 0 Å². The van der Waals surface area contributed by atoms with E-state index in [1.54, 1.807) is 0 Å². The summed E-state index contributed by atoms with van der Waals surface area (Å²) in [7, 11) is 1.40. The van der Waals surface area contributed by atoms with Crippen molar-refractivity contribution in [3.05, 3.63) is 23.8 Å². The number of anilines is 2. The third-order valence-electron chi connectivity index (χ3n) is 4.17. The molecule has 0 aromatic heterocycles. The predicted molar refractivity (Wildman–Crippen MR) is 90.6 cm³/mol. The molecular weight excluding hydrogens is 294 g/mol. The number of benzene rings is 1. The van der Waals surface area contributed by atoms with Crippen LogP contribution in [0.4, 0.5) is 11.4 Å². The van der Waals surface area contributed by atoms with Gasteiger partial charge >= 0.3 is 5.97 Å². The quantitative estimate of drug-likeness (QED) is 0.867. The first-order chi connectivity index (χ1) is 11.3. The number of hydrogen-bond donors (Lipinski definition) is 1. The Kier molecular flexibility index (Phi) is 5.12. The van der Waals surface area contributed by atoms with Crippen molar-refractivity contribution < 1.29 is 14.3 Å². The number of morpholine rings is 1. The number of amidine groups is 1. The molecule has 0 aliphatic carbocycles. The van der Waals surface area contributed by atoms with Crippen LogP contribution in [0.5, 0.6) is 0 Å². The fourth-order valence-corrected chi connectivity index (χ4v) is 2.92. The molecule has 0 saturated carbocycles. The molecule has 2 heterocycles. The standard InChI is InChI=1S/C17H23N3O3/c1-22-17(21)13-5-6-15(20-8-10-23-11-9-20)14(12-13)19-16-4-2-3-7-18-16/h5-6,12H,2-4,7-11H2,1H3,(H,18,19). The Morgan fingerprint density at radius 3 is 2.83 bits per heavy atom. The first-order valence-corrected chi connectivity index (χ1v) is 8.13. The summed E-state index contributed by atoms with van der Waals surface area (Å²) in [5, 5.41) is 3.43. The number of esters is 1. The molecule has 3 rings (SSSR count). The van der Waals surface area contributed by atoms with Crippen molar-refractivity contribution >= 4 is 23.2 Å². The topological polar surface area (TPSA) is 63.2 Å². The van der Waals surface area contributed by atoms with Crippen molar-refractivity contribution in [2.24, 2.45) is 4.99 Å². The van der Waals surface area contributed by atoms with Crippen LogP contribution in [-0.2, 0) is 9.47 Å². The van der Waals surface area contributed by atoms with Gasteiger partial charge in [0, 0.05) is 26.1 Å². The van der Waals surface area contributed by atoms with Crippen LogP contribution in [0, 0.1) is 0 Å². The highest BCUT2D eigenvalue weighted by Crippen LogP contribution is 2.29. The van der Waals surface area contributed by atoms with Crippen molar-refractivity contribution in [2.75, 3.05) is 50.2 Å². The third-order valence-corrected chi connectivity index (χ3v) is 4.17. The number of aliphatic imine (C=N–C) groups is 1. The fraction of sp³-hybridized carbons (Fsp3) is 0.529. The number of nitrogens with zero attached hydrogens (tertiary/aromatic N) is 2. The molecule has 0 spiro atoms. The van der Waals surface area contributed by atoms with Crippen LogP contribution in [0.25, 0.3) is 0 Å². The zero-order chi connectivity index (χ0) is 16.1. The van der Waals surface area contributed by atoms with E-state index in [2.05, 4.69) is 15.2 Å². The Labute approximate surface area is 136 Å². The molecule has 0 radical (unpaired) electrons. The first-order valence-electron chi connectivity index (χ1n) is 8.13. The molecule has 0 unspecified atom stereocenters. The van der Waals surface area contributed by atoms with E-state index in [1.807, 2.05) is 18.2 Å². The summed E-state index contributed by atoms with van der Waals surface area (Å²) >= 11 is 0. The maximum Gasteiger partial charge on any atom is 0.337 e. The molecule has 23 heavy (non-hydrogen) atoms. The molecule has 124 valence electrons. The van der Waals surface area contributed by atoms with Crippen LogP contribution in [0.3, 0.4) is 0 Å². The van der Waals surface area contributed by atoms with Gasteiger partial charge in [0.1, 0.15) is 5.84 Å². The number of ether oxygens (including phenoxy) is 2. The summed E-state index contributed by atoms with van der Waals surface area (Å²) in [6.07, 6.45) is 3.24. The molecule has 6 heteroatoms. The monoisotopic (exact) mass is 317 g/mol. The van der Waals surface area contributed by atoms with Gasteiger partial charge in [-0.25, -0.2) is 4.79 Å². The van der Waals surface area contributed by atoms with Crippen LogP contribution < -0.4 is 10.2 Å². The highest BCUT2D eigenvalue weighted by molar-refractivity contribution is 6.00. The molecule has 1 fully saturated rings. The minimum Gasteiger partial charge on any atom is -0.465 e. The lowest BCUT2D eigenvalue weighted by atomic mass is 10.1. The van der Waals surface area contributed by atoms with Gasteiger partial charge in [0.15, 0.2) is 0 Å². The first kappa shape index (κ1) is 15.8. The maximum atomic E-state index is 11.8. The van der Waals surface area contributed by atoms with E-state index in [0.717, 1.165) is 69.3 Å². The molecule has 0 amide bonds. The minimum absolute atomic E-state index is 0.327. The lowest BCUT2D eigenvalue weighted by Crippen LogP contribution is -2.37. The number of methoxy groups -OCH3 is 1. The lowest BCUT2D eigenvalue weighted by Gasteiger charge is -2.31. The number of carbonyl (C=O) groups is 1. The van der Waals surface area contributed by atoms with Gasteiger partial charge in [-0.05, 0) is 31.0 Å². The van der Waals surface area contributed by atoms with Gasteiger partial charge in [-0.15, -0.1) is 0 Å². The number of nitrogens with one attached hydrogen (secondary N) is 1. The molecule has 2 aliphatic rings. The van der Waals surface area contributed by atoms with Crippen LogP contribution in [0.2, 0.25) is 0 Å². The van der Waals surface area contributed by atoms with Crippen molar-refractivity contribution in [3.8, 4) is 0 Å². The molecule has 0 atom stereocenters. The average Bonchev–Trinajstić information content (AvgIpc) is 2.62. The second-order valence-electron chi connectivity index (χ2n) is 5.73. The Bertz CT molecular complexity index is 595. The number of rotatable bonds is 3. The van der Waals surface area contributed by atoms with Crippen LogP contribution in [0.1, 0.15) is 29.6 Å². The zero-order valence-electron chi connectivity index (χ0n) is 13.5. The Morgan fingerprint density at radius 1 is 1.30 bits per heavy atom. The largest absolute Gasteiger partial charge is 0.465 e. The van der Waals surface area contributed by atoms with Gasteiger partial charge in [0.05, 0.1) is 37.3 Å². The molecule has 1 aromatic rings. The van der Waals surface area contributed by atoms with E-state index in [4.69, 9.17) is 9.47 Å². The van der Waals surface area contributed by atoms with Crippen molar-refractivity contribution in [2.45, 2.75) is 19.3 Å². The smallest absolute Gasteiger partial charge is 0.337 e. The highest BCUT2D eigenvalue weighted by atomic mass is 16.5. The van der Waals surface area contributed by atoms with Gasteiger partial charge < -0.3 is 19.7 Å². The van der Waals surface area contributed by atoms with E-state index >= 15 is 0 Å². The third kappa shape index (κ3) is 3.82. The van der Waals surface area contributed by atoms with E-state index in [1.165, 1.54) is 7.11 Å². The van der Waals surface area contributed by atoms with E-state index in [9.17, 15) is 4.79 Å². The number of hydrogen-bond acceptors (Lipinski definition) is 6. The van der Waals surface area contributed by atoms with Gasteiger partial charge in [0.25, 0.3) is 0 Å². The fourth-order valence-electron chi connectivity index (χ4n) is 2.92. The van der Waals surface area contributed by atoms with Crippen LogP contribution in [0.15, 0.2) is 23.2 Å². The van der Waals surface area contributed by atoms with E-state index in [-0.39, 0.29) is 5.97 Å². The SMILES string of the molecule is COC(=O)c1ccc(N2CCOCC2)c(NC2=NCCCC2)c1. The van der Waals surface area contributed by atoms with Crippen molar-refractivity contribution in [1.82, 2.24) is 0 Å². The zero-order valence-corrected chi connectivity index (χ0v) is 13.5.